The number of amides is 1. The Labute approximate surface area is 211 Å². The Morgan fingerprint density at radius 1 is 0.973 bits per heavy atom. The highest BCUT2D eigenvalue weighted by molar-refractivity contribution is 5.80. The standard InChI is InChI=1S/C26H29F2N3O6/c1-35-20-9-17(10-21(11-20)36-2)15-30-25(33)23-12-19(37-22(13-27)14-28)3-4-24(23)31(26(30)34)18-5-7-29(16-32)8-6-18/h3-4,9-12,16,18,22H,5-8,13-15H2,1-2H3. The number of alkyl halides is 2. The Hall–Kier alpha value is -3.89. The molecule has 9 nitrogen and oxygen atoms in total. The van der Waals surface area contributed by atoms with Gasteiger partial charge in [-0.3, -0.25) is 18.7 Å². The Balaban J connectivity index is 1.87. The second-order valence-electron chi connectivity index (χ2n) is 8.86. The van der Waals surface area contributed by atoms with E-state index < -0.39 is 30.7 Å². The Kier molecular flexibility index (Phi) is 8.10. The number of hydrogen-bond acceptors (Lipinski definition) is 6. The van der Waals surface area contributed by atoms with E-state index in [1.807, 2.05) is 0 Å². The predicted molar refractivity (Wildman–Crippen MR) is 133 cm³/mol. The molecule has 1 aliphatic heterocycles. The summed E-state index contributed by atoms with van der Waals surface area (Å²) in [7, 11) is 3.01. The lowest BCUT2D eigenvalue weighted by molar-refractivity contribution is -0.119. The second kappa shape index (κ2) is 11.4. The molecule has 2 aromatic carbocycles. The fraction of sp³-hybridized carbons (Fsp3) is 0.423. The number of hydrogen-bond donors (Lipinski definition) is 0. The highest BCUT2D eigenvalue weighted by Gasteiger charge is 2.25. The lowest BCUT2D eigenvalue weighted by atomic mass is 10.0. The number of fused-ring (bicyclic) bond motifs is 1. The molecule has 0 radical (unpaired) electrons. The van der Waals surface area contributed by atoms with Crippen LogP contribution < -0.4 is 25.5 Å². The summed E-state index contributed by atoms with van der Waals surface area (Å²) in [5, 5.41) is 0.182. The summed E-state index contributed by atoms with van der Waals surface area (Å²) in [4.78, 5) is 40.2. The number of nitrogens with zero attached hydrogens (tertiary/aromatic N) is 3. The van der Waals surface area contributed by atoms with Crippen molar-refractivity contribution in [1.29, 1.82) is 0 Å². The van der Waals surface area contributed by atoms with Crippen molar-refractivity contribution in [2.24, 2.45) is 0 Å². The molecule has 1 amide bonds. The Morgan fingerprint density at radius 3 is 2.19 bits per heavy atom. The molecule has 37 heavy (non-hydrogen) atoms. The van der Waals surface area contributed by atoms with Gasteiger partial charge in [0.2, 0.25) is 6.41 Å². The normalized spacial score (nSPS) is 14.2. The molecule has 1 saturated heterocycles. The Bertz CT molecular complexity index is 1350. The monoisotopic (exact) mass is 517 g/mol. The first kappa shape index (κ1) is 26.2. The summed E-state index contributed by atoms with van der Waals surface area (Å²) in [6.07, 6.45) is 0.554. The van der Waals surface area contributed by atoms with E-state index in [0.29, 0.717) is 48.5 Å². The average molecular weight is 518 g/mol. The maximum atomic E-state index is 13.8. The molecule has 0 atom stereocenters. The zero-order valence-electron chi connectivity index (χ0n) is 20.7. The van der Waals surface area contributed by atoms with E-state index in [2.05, 4.69) is 0 Å². The molecule has 0 saturated carbocycles. The van der Waals surface area contributed by atoms with Crippen molar-refractivity contribution in [1.82, 2.24) is 14.0 Å². The molecule has 198 valence electrons. The van der Waals surface area contributed by atoms with Crippen LogP contribution in [0.15, 0.2) is 46.0 Å². The highest BCUT2D eigenvalue weighted by atomic mass is 19.1. The first-order valence-electron chi connectivity index (χ1n) is 11.9. The third-order valence-corrected chi connectivity index (χ3v) is 6.55. The number of ether oxygens (including phenoxy) is 3. The number of methoxy groups -OCH3 is 2. The van der Waals surface area contributed by atoms with E-state index >= 15 is 0 Å². The number of piperidine rings is 1. The van der Waals surface area contributed by atoms with Crippen molar-refractivity contribution >= 4 is 17.3 Å². The quantitative estimate of drug-likeness (QED) is 0.384. The summed E-state index contributed by atoms with van der Waals surface area (Å²) in [5.41, 5.74) is -0.0587. The number of aromatic nitrogens is 2. The number of benzene rings is 2. The molecule has 2 heterocycles. The van der Waals surface area contributed by atoms with Gasteiger partial charge < -0.3 is 19.1 Å². The SMILES string of the molecule is COc1cc(Cn2c(=O)c3cc(OC(CF)CF)ccc3n(C3CCN(C=O)CC3)c2=O)cc(OC)c1. The molecule has 0 aliphatic carbocycles. The van der Waals surface area contributed by atoms with Crippen LogP contribution in [-0.4, -0.2) is 67.2 Å². The van der Waals surface area contributed by atoms with Gasteiger partial charge in [0.05, 0.1) is 31.7 Å². The van der Waals surface area contributed by atoms with E-state index in [-0.39, 0.29) is 23.7 Å². The number of carbonyl (C=O) groups is 1. The van der Waals surface area contributed by atoms with Crippen molar-refractivity contribution in [2.45, 2.75) is 31.5 Å². The van der Waals surface area contributed by atoms with Gasteiger partial charge in [0, 0.05) is 25.2 Å². The van der Waals surface area contributed by atoms with Crippen molar-refractivity contribution in [2.75, 3.05) is 40.7 Å². The van der Waals surface area contributed by atoms with Gasteiger partial charge in [0.25, 0.3) is 5.56 Å². The van der Waals surface area contributed by atoms with E-state index in [4.69, 9.17) is 14.2 Å². The number of rotatable bonds is 10. The van der Waals surface area contributed by atoms with Crippen LogP contribution in [0, 0.1) is 0 Å². The van der Waals surface area contributed by atoms with Gasteiger partial charge in [-0.2, -0.15) is 0 Å². The molecule has 11 heteroatoms. The Morgan fingerprint density at radius 2 is 1.62 bits per heavy atom. The van der Waals surface area contributed by atoms with Crippen molar-refractivity contribution in [3.8, 4) is 17.2 Å². The number of likely N-dealkylation sites (tertiary alicyclic amines) is 1. The van der Waals surface area contributed by atoms with Gasteiger partial charge in [0.15, 0.2) is 6.10 Å². The molecule has 3 aromatic rings. The minimum absolute atomic E-state index is 0.0585. The number of carbonyl (C=O) groups excluding carboxylic acids is 1. The average Bonchev–Trinajstić information content (AvgIpc) is 2.94. The third kappa shape index (κ3) is 5.45. The van der Waals surface area contributed by atoms with Crippen LogP contribution in [0.2, 0.25) is 0 Å². The van der Waals surface area contributed by atoms with Gasteiger partial charge in [-0.05, 0) is 48.7 Å². The fourth-order valence-electron chi connectivity index (χ4n) is 4.61. The fourth-order valence-corrected chi connectivity index (χ4v) is 4.61. The van der Waals surface area contributed by atoms with Crippen molar-refractivity contribution < 1.29 is 27.8 Å². The first-order valence-corrected chi connectivity index (χ1v) is 11.9. The molecular formula is C26H29F2N3O6. The van der Waals surface area contributed by atoms with Gasteiger partial charge >= 0.3 is 5.69 Å². The lowest BCUT2D eigenvalue weighted by Crippen LogP contribution is -2.44. The summed E-state index contributed by atoms with van der Waals surface area (Å²) in [6, 6.07) is 9.31. The van der Waals surface area contributed by atoms with Gasteiger partial charge in [-0.25, -0.2) is 13.6 Å². The number of halogens is 2. The first-order chi connectivity index (χ1) is 17.9. The van der Waals surface area contributed by atoms with Gasteiger partial charge in [-0.15, -0.1) is 0 Å². The van der Waals surface area contributed by atoms with Crippen LogP contribution in [0.1, 0.15) is 24.4 Å². The smallest absolute Gasteiger partial charge is 0.332 e. The van der Waals surface area contributed by atoms with Gasteiger partial charge in [0.1, 0.15) is 30.6 Å². The van der Waals surface area contributed by atoms with Crippen molar-refractivity contribution in [3.63, 3.8) is 0 Å². The van der Waals surface area contributed by atoms with Crippen LogP contribution in [0.25, 0.3) is 10.9 Å². The predicted octanol–water partition coefficient (Wildman–Crippen LogP) is 2.71. The molecule has 1 aromatic heterocycles. The third-order valence-electron chi connectivity index (χ3n) is 6.55. The van der Waals surface area contributed by atoms with Crippen LogP contribution in [0.3, 0.4) is 0 Å². The molecule has 0 spiro atoms. The van der Waals surface area contributed by atoms with E-state index in [0.717, 1.165) is 11.0 Å². The molecular weight excluding hydrogens is 488 g/mol. The highest BCUT2D eigenvalue weighted by Crippen LogP contribution is 2.27. The van der Waals surface area contributed by atoms with Crippen LogP contribution in [0.4, 0.5) is 8.78 Å². The minimum Gasteiger partial charge on any atom is -0.497 e. The second-order valence-corrected chi connectivity index (χ2v) is 8.86. The molecule has 0 bridgehead atoms. The summed E-state index contributed by atoms with van der Waals surface area (Å²) in [6.45, 7) is -1.15. The molecule has 1 fully saturated rings. The molecule has 4 rings (SSSR count). The van der Waals surface area contributed by atoms with Gasteiger partial charge in [-0.1, -0.05) is 0 Å². The summed E-state index contributed by atoms with van der Waals surface area (Å²) < 4.78 is 44.8. The van der Waals surface area contributed by atoms with E-state index in [9.17, 15) is 23.2 Å². The van der Waals surface area contributed by atoms with E-state index in [1.54, 1.807) is 33.7 Å². The molecule has 0 N–H and O–H groups in total. The maximum Gasteiger partial charge on any atom is 0.332 e. The molecule has 0 unspecified atom stereocenters. The van der Waals surface area contributed by atoms with Crippen LogP contribution in [-0.2, 0) is 11.3 Å². The molecule has 1 aliphatic rings. The maximum absolute atomic E-state index is 13.8. The largest absolute Gasteiger partial charge is 0.497 e. The lowest BCUT2D eigenvalue weighted by Gasteiger charge is -2.31. The minimum atomic E-state index is -1.29. The summed E-state index contributed by atoms with van der Waals surface area (Å²) in [5.74, 6) is 1.13. The topological polar surface area (TPSA) is 92.0 Å². The van der Waals surface area contributed by atoms with Crippen LogP contribution in [0.5, 0.6) is 17.2 Å². The summed E-state index contributed by atoms with van der Waals surface area (Å²) >= 11 is 0. The zero-order valence-corrected chi connectivity index (χ0v) is 20.7. The van der Waals surface area contributed by atoms with Crippen molar-refractivity contribution in [3.05, 3.63) is 62.8 Å². The van der Waals surface area contributed by atoms with E-state index in [1.165, 1.54) is 26.4 Å². The zero-order chi connectivity index (χ0) is 26.5. The van der Waals surface area contributed by atoms with Crippen LogP contribution >= 0.6 is 0 Å².